The molecule has 2 aliphatic rings. The molecule has 6 heteroatoms. The highest BCUT2D eigenvalue weighted by Crippen LogP contribution is 2.25. The molecule has 6 nitrogen and oxygen atoms in total. The Morgan fingerprint density at radius 3 is 2.59 bits per heavy atom. The molecule has 1 N–H and O–H groups in total. The van der Waals surface area contributed by atoms with E-state index in [9.17, 15) is 10.1 Å². The number of nitro groups is 1. The standard InChI is InChI=1S/C16H16N2O4/c19-18(20)15-4-2-1-3-14(11-15)17-13-7-5-12(6-8-13)16-21-9-10-22-16/h1-2,4-8,11,16-17H,3,9-10H2. The summed E-state index contributed by atoms with van der Waals surface area (Å²) in [6, 6.07) is 7.67. The van der Waals surface area contributed by atoms with Gasteiger partial charge in [-0.1, -0.05) is 24.3 Å². The van der Waals surface area contributed by atoms with Gasteiger partial charge in [-0.15, -0.1) is 0 Å². The van der Waals surface area contributed by atoms with Crippen LogP contribution in [0.2, 0.25) is 0 Å². The predicted octanol–water partition coefficient (Wildman–Crippen LogP) is 3.15. The summed E-state index contributed by atoms with van der Waals surface area (Å²) in [5.74, 6) is 0. The van der Waals surface area contributed by atoms with E-state index in [1.54, 1.807) is 12.2 Å². The van der Waals surface area contributed by atoms with Crippen LogP contribution in [-0.2, 0) is 9.47 Å². The topological polar surface area (TPSA) is 73.6 Å². The molecule has 1 aliphatic heterocycles. The van der Waals surface area contributed by atoms with Gasteiger partial charge in [-0.05, 0) is 12.1 Å². The smallest absolute Gasteiger partial charge is 0.271 e. The lowest BCUT2D eigenvalue weighted by molar-refractivity contribution is -0.419. The molecule has 1 aromatic rings. The Balaban J connectivity index is 1.71. The van der Waals surface area contributed by atoms with Gasteiger partial charge < -0.3 is 14.8 Å². The summed E-state index contributed by atoms with van der Waals surface area (Å²) in [7, 11) is 0. The van der Waals surface area contributed by atoms with Gasteiger partial charge >= 0.3 is 0 Å². The Morgan fingerprint density at radius 1 is 1.18 bits per heavy atom. The second kappa shape index (κ2) is 6.55. The molecule has 1 saturated heterocycles. The second-order valence-corrected chi connectivity index (χ2v) is 4.97. The summed E-state index contributed by atoms with van der Waals surface area (Å²) >= 11 is 0. The van der Waals surface area contributed by atoms with Gasteiger partial charge in [-0.2, -0.15) is 0 Å². The third-order valence-electron chi connectivity index (χ3n) is 3.38. The minimum atomic E-state index is -0.394. The van der Waals surface area contributed by atoms with Crippen molar-refractivity contribution in [3.63, 3.8) is 0 Å². The Labute approximate surface area is 127 Å². The van der Waals surface area contributed by atoms with Crippen LogP contribution in [0.3, 0.4) is 0 Å². The van der Waals surface area contributed by atoms with Gasteiger partial charge in [0.15, 0.2) is 6.29 Å². The van der Waals surface area contributed by atoms with E-state index in [0.29, 0.717) is 19.6 Å². The van der Waals surface area contributed by atoms with Crippen molar-refractivity contribution in [3.8, 4) is 0 Å². The van der Waals surface area contributed by atoms with Crippen molar-refractivity contribution in [3.05, 3.63) is 75.6 Å². The van der Waals surface area contributed by atoms with Gasteiger partial charge in [0, 0.05) is 35.5 Å². The minimum Gasteiger partial charge on any atom is -0.358 e. The van der Waals surface area contributed by atoms with Crippen LogP contribution in [0.25, 0.3) is 0 Å². The number of rotatable bonds is 4. The fraction of sp³-hybridized carbons (Fsp3) is 0.250. The van der Waals surface area contributed by atoms with E-state index in [4.69, 9.17) is 9.47 Å². The van der Waals surface area contributed by atoms with E-state index in [-0.39, 0.29) is 12.0 Å². The molecule has 1 fully saturated rings. The highest BCUT2D eigenvalue weighted by molar-refractivity contribution is 5.51. The molecule has 0 atom stereocenters. The van der Waals surface area contributed by atoms with Crippen molar-refractivity contribution >= 4 is 5.69 Å². The van der Waals surface area contributed by atoms with E-state index in [0.717, 1.165) is 16.9 Å². The lowest BCUT2D eigenvalue weighted by Gasteiger charge is -2.12. The number of nitrogens with one attached hydrogen (secondary N) is 1. The number of ether oxygens (including phenoxy) is 2. The zero-order valence-electron chi connectivity index (χ0n) is 11.9. The van der Waals surface area contributed by atoms with Gasteiger partial charge in [-0.3, -0.25) is 10.1 Å². The number of hydrogen-bond acceptors (Lipinski definition) is 5. The molecular formula is C16H16N2O4. The number of anilines is 1. The van der Waals surface area contributed by atoms with Gasteiger partial charge in [-0.25, -0.2) is 0 Å². The summed E-state index contributed by atoms with van der Waals surface area (Å²) in [5, 5.41) is 14.1. The summed E-state index contributed by atoms with van der Waals surface area (Å²) < 4.78 is 10.9. The Bertz CT molecular complexity index is 641. The van der Waals surface area contributed by atoms with Crippen molar-refractivity contribution < 1.29 is 14.4 Å². The van der Waals surface area contributed by atoms with Gasteiger partial charge in [0.2, 0.25) is 0 Å². The largest absolute Gasteiger partial charge is 0.358 e. The molecule has 0 unspecified atom stereocenters. The Morgan fingerprint density at radius 2 is 1.91 bits per heavy atom. The molecule has 0 radical (unpaired) electrons. The molecule has 1 heterocycles. The zero-order chi connectivity index (χ0) is 15.4. The summed E-state index contributed by atoms with van der Waals surface area (Å²) in [6.07, 6.45) is 6.94. The van der Waals surface area contributed by atoms with Crippen LogP contribution in [0.1, 0.15) is 18.3 Å². The first-order chi connectivity index (χ1) is 10.7. The molecule has 0 aromatic heterocycles. The van der Waals surface area contributed by atoms with E-state index in [1.807, 2.05) is 30.3 Å². The fourth-order valence-corrected chi connectivity index (χ4v) is 2.31. The zero-order valence-corrected chi connectivity index (χ0v) is 11.9. The first kappa shape index (κ1) is 14.5. The lowest BCUT2D eigenvalue weighted by atomic mass is 10.2. The summed E-state index contributed by atoms with van der Waals surface area (Å²) in [5.41, 5.74) is 2.67. The number of allylic oxidation sites excluding steroid dienone is 4. The van der Waals surface area contributed by atoms with E-state index >= 15 is 0 Å². The monoisotopic (exact) mass is 300 g/mol. The molecule has 0 saturated carbocycles. The maximum Gasteiger partial charge on any atom is 0.271 e. The number of nitrogens with zero attached hydrogens (tertiary/aromatic N) is 1. The van der Waals surface area contributed by atoms with E-state index < -0.39 is 4.92 Å². The summed E-state index contributed by atoms with van der Waals surface area (Å²) in [4.78, 5) is 10.5. The highest BCUT2D eigenvalue weighted by Gasteiger charge is 2.18. The molecule has 0 spiro atoms. The number of benzene rings is 1. The van der Waals surface area contributed by atoms with Crippen LogP contribution in [0, 0.1) is 10.1 Å². The molecule has 0 bridgehead atoms. The minimum absolute atomic E-state index is 0.0700. The average molecular weight is 300 g/mol. The lowest BCUT2D eigenvalue weighted by Crippen LogP contribution is -2.03. The van der Waals surface area contributed by atoms with Crippen LogP contribution in [-0.4, -0.2) is 18.1 Å². The van der Waals surface area contributed by atoms with Crippen LogP contribution in [0.15, 0.2) is 60.0 Å². The molecule has 114 valence electrons. The summed E-state index contributed by atoms with van der Waals surface area (Å²) in [6.45, 7) is 1.22. The van der Waals surface area contributed by atoms with Gasteiger partial charge in [0.05, 0.1) is 18.1 Å². The molecule has 22 heavy (non-hydrogen) atoms. The van der Waals surface area contributed by atoms with Crippen molar-refractivity contribution in [1.82, 2.24) is 0 Å². The molecular weight excluding hydrogens is 284 g/mol. The molecule has 0 amide bonds. The average Bonchev–Trinajstić information content (AvgIpc) is 2.95. The van der Waals surface area contributed by atoms with E-state index in [2.05, 4.69) is 5.32 Å². The SMILES string of the molecule is O=[N+]([O-])C1=CC=CCC(Nc2ccc(C3OCCO3)cc2)=C1. The van der Waals surface area contributed by atoms with E-state index in [1.165, 1.54) is 6.08 Å². The number of hydrogen-bond donors (Lipinski definition) is 1. The van der Waals surface area contributed by atoms with Crippen LogP contribution >= 0.6 is 0 Å². The first-order valence-electron chi connectivity index (χ1n) is 7.04. The molecule has 3 rings (SSSR count). The fourth-order valence-electron chi connectivity index (χ4n) is 2.31. The van der Waals surface area contributed by atoms with Crippen molar-refractivity contribution in [1.29, 1.82) is 0 Å². The van der Waals surface area contributed by atoms with Crippen LogP contribution < -0.4 is 5.32 Å². The first-order valence-corrected chi connectivity index (χ1v) is 7.04. The highest BCUT2D eigenvalue weighted by atomic mass is 16.7. The normalized spacial score (nSPS) is 18.5. The van der Waals surface area contributed by atoms with Crippen LogP contribution in [0.5, 0.6) is 0 Å². The van der Waals surface area contributed by atoms with Crippen molar-refractivity contribution in [2.45, 2.75) is 12.7 Å². The Kier molecular flexibility index (Phi) is 4.32. The third-order valence-corrected chi connectivity index (χ3v) is 3.38. The van der Waals surface area contributed by atoms with Crippen molar-refractivity contribution in [2.24, 2.45) is 0 Å². The molecule has 1 aromatic carbocycles. The van der Waals surface area contributed by atoms with Crippen molar-refractivity contribution in [2.75, 3.05) is 18.5 Å². The predicted molar refractivity (Wildman–Crippen MR) is 81.6 cm³/mol. The quantitative estimate of drug-likeness (QED) is 0.683. The van der Waals surface area contributed by atoms with Gasteiger partial charge in [0.1, 0.15) is 0 Å². The maximum absolute atomic E-state index is 10.9. The Hall–Kier alpha value is -2.44. The van der Waals surface area contributed by atoms with Crippen LogP contribution in [0.4, 0.5) is 5.69 Å². The second-order valence-electron chi connectivity index (χ2n) is 4.97. The molecule has 1 aliphatic carbocycles. The third kappa shape index (κ3) is 3.41. The van der Waals surface area contributed by atoms with Gasteiger partial charge in [0.25, 0.3) is 5.70 Å². The maximum atomic E-state index is 10.9.